The normalized spacial score (nSPS) is 14.0. The van der Waals surface area contributed by atoms with Crippen molar-refractivity contribution >= 4 is 93.7 Å². The maximum absolute atomic E-state index is 7.47. The Bertz CT molecular complexity index is 5610. The first-order valence-electron chi connectivity index (χ1n) is 30.7. The predicted molar refractivity (Wildman–Crippen MR) is 370 cm³/mol. The van der Waals surface area contributed by atoms with Crippen LogP contribution in [0.1, 0.15) is 40.4 Å². The largest absolute Gasteiger partial charge is 0.489 e. The summed E-state index contributed by atoms with van der Waals surface area (Å²) in [6.45, 7) is 0.524. The van der Waals surface area contributed by atoms with E-state index in [0.717, 1.165) is 134 Å². The van der Waals surface area contributed by atoms with Gasteiger partial charge in [-0.1, -0.05) is 231 Å². The molecule has 1 aliphatic heterocycles. The maximum atomic E-state index is 7.47. The minimum atomic E-state index is -0.109. The summed E-state index contributed by atoms with van der Waals surface area (Å²) in [6, 6.07) is 102. The summed E-state index contributed by atoms with van der Waals surface area (Å²) in [7, 11) is 0. The van der Waals surface area contributed by atoms with Crippen LogP contribution in [0.5, 0.6) is 0 Å². The average Bonchev–Trinajstić information content (AvgIpc) is 1.88. The van der Waals surface area contributed by atoms with Crippen LogP contribution in [0.15, 0.2) is 306 Å². The lowest BCUT2D eigenvalue weighted by Crippen LogP contribution is -2.07. The van der Waals surface area contributed by atoms with Gasteiger partial charge in [0.1, 0.15) is 34.9 Å². The second-order valence-electron chi connectivity index (χ2n) is 23.7. The highest BCUT2D eigenvalue weighted by atomic mass is 16.5. The summed E-state index contributed by atoms with van der Waals surface area (Å²) in [5.41, 5.74) is 22.7. The van der Waals surface area contributed by atoms with Crippen molar-refractivity contribution in [3.8, 4) is 61.3 Å². The van der Waals surface area contributed by atoms with Gasteiger partial charge in [0, 0.05) is 66.1 Å². The average molecular weight is 1140 g/mol. The Kier molecular flexibility index (Phi) is 11.8. The standard InChI is InChI=1S/C85H55NO3/c1-6-22-53(23-7-1)61-42-70(56-28-12-4-13-29-56)82-74(45-61)75-46-62(54-24-8-2-9-25-54)43-72(84(75)88-82)59-37-39-68-69-40-38-60(52-80(69)86(79(68)51-59)78-50-58-32-16-17-33-65(58)66-34-18-19-35-67(66)78)73-44-63(55-26-10-3-11-27-55)47-76-77-49-64(81-36-20-21-41-87-81)48-71(83(77)89-85(73)76)57-30-14-5-15-31-57/h1-40,42,44-52,72H,41,43H2. The second kappa shape index (κ2) is 20.6. The van der Waals surface area contributed by atoms with Crippen LogP contribution in [0.25, 0.3) is 155 Å². The van der Waals surface area contributed by atoms with Crippen molar-refractivity contribution in [1.82, 2.24) is 4.57 Å². The molecule has 3 aromatic heterocycles. The molecule has 18 rings (SSSR count). The third-order valence-electron chi connectivity index (χ3n) is 18.6. The lowest BCUT2D eigenvalue weighted by atomic mass is 9.80. The van der Waals surface area contributed by atoms with Crippen molar-refractivity contribution < 1.29 is 13.6 Å². The number of ether oxygens (including phenoxy) is 1. The van der Waals surface area contributed by atoms with E-state index in [1.165, 1.54) is 49.2 Å². The third kappa shape index (κ3) is 8.43. The molecule has 4 nitrogen and oxygen atoms in total. The van der Waals surface area contributed by atoms with Crippen LogP contribution in [0.3, 0.4) is 0 Å². The number of hydrogen-bond donors (Lipinski definition) is 0. The first kappa shape index (κ1) is 50.8. The van der Waals surface area contributed by atoms with Gasteiger partial charge in [0.15, 0.2) is 0 Å². The van der Waals surface area contributed by atoms with Gasteiger partial charge >= 0.3 is 0 Å². The van der Waals surface area contributed by atoms with E-state index in [1.54, 1.807) is 0 Å². The Morgan fingerprint density at radius 1 is 0.348 bits per heavy atom. The first-order valence-corrected chi connectivity index (χ1v) is 30.7. The molecule has 0 N–H and O–H groups in total. The Balaban J connectivity index is 0.900. The van der Waals surface area contributed by atoms with Crippen molar-refractivity contribution in [3.05, 3.63) is 325 Å². The summed E-state index contributed by atoms with van der Waals surface area (Å²) < 4.78 is 23.7. The van der Waals surface area contributed by atoms with Gasteiger partial charge in [-0.3, -0.25) is 0 Å². The van der Waals surface area contributed by atoms with E-state index in [4.69, 9.17) is 13.6 Å². The molecule has 2 aliphatic rings. The molecule has 1 atom stereocenters. The van der Waals surface area contributed by atoms with Gasteiger partial charge < -0.3 is 18.1 Å². The lowest BCUT2D eigenvalue weighted by molar-refractivity contribution is 0.316. The molecule has 1 aliphatic carbocycles. The minimum Gasteiger partial charge on any atom is -0.489 e. The molecule has 0 saturated carbocycles. The number of hydrogen-bond acceptors (Lipinski definition) is 3. The molecule has 0 saturated heterocycles. The van der Waals surface area contributed by atoms with Crippen LogP contribution >= 0.6 is 0 Å². The van der Waals surface area contributed by atoms with Gasteiger partial charge in [-0.15, -0.1) is 0 Å². The lowest BCUT2D eigenvalue weighted by Gasteiger charge is -2.23. The molecular formula is C85H55NO3. The van der Waals surface area contributed by atoms with Gasteiger partial charge in [-0.2, -0.15) is 0 Å². The van der Waals surface area contributed by atoms with Crippen LogP contribution in [-0.2, 0) is 4.74 Å². The van der Waals surface area contributed by atoms with Crippen molar-refractivity contribution in [3.63, 3.8) is 0 Å². The molecule has 4 heteroatoms. The number of fused-ring (bicyclic) bond motifs is 12. The Hall–Kier alpha value is -11.5. The van der Waals surface area contributed by atoms with E-state index in [0.29, 0.717) is 6.61 Å². The first-order chi connectivity index (χ1) is 44.1. The maximum Gasteiger partial charge on any atom is 0.143 e. The zero-order valence-electron chi connectivity index (χ0n) is 48.5. The molecule has 0 spiro atoms. The highest BCUT2D eigenvalue weighted by Crippen LogP contribution is 2.51. The molecule has 89 heavy (non-hydrogen) atoms. The molecule has 0 fully saturated rings. The molecular weight excluding hydrogens is 1080 g/mol. The zero-order valence-corrected chi connectivity index (χ0v) is 48.5. The van der Waals surface area contributed by atoms with Crippen molar-refractivity contribution in [2.75, 3.05) is 6.61 Å². The molecule has 13 aromatic carbocycles. The van der Waals surface area contributed by atoms with Crippen molar-refractivity contribution in [2.45, 2.75) is 12.3 Å². The van der Waals surface area contributed by atoms with Crippen LogP contribution in [0.2, 0.25) is 0 Å². The Morgan fingerprint density at radius 2 is 0.865 bits per heavy atom. The quantitative estimate of drug-likeness (QED) is 0.135. The van der Waals surface area contributed by atoms with E-state index < -0.39 is 0 Å². The Morgan fingerprint density at radius 3 is 1.51 bits per heavy atom. The van der Waals surface area contributed by atoms with E-state index in [-0.39, 0.29) is 5.92 Å². The fourth-order valence-corrected chi connectivity index (χ4v) is 14.4. The van der Waals surface area contributed by atoms with Crippen LogP contribution < -0.4 is 0 Å². The highest BCUT2D eigenvalue weighted by Gasteiger charge is 2.32. The van der Waals surface area contributed by atoms with E-state index in [9.17, 15) is 0 Å². The van der Waals surface area contributed by atoms with Gasteiger partial charge in [-0.05, 0) is 151 Å². The summed E-state index contributed by atoms with van der Waals surface area (Å²) in [4.78, 5) is 0. The fourth-order valence-electron chi connectivity index (χ4n) is 14.4. The molecule has 0 bridgehead atoms. The second-order valence-corrected chi connectivity index (χ2v) is 23.7. The number of rotatable bonds is 9. The topological polar surface area (TPSA) is 40.4 Å². The smallest absolute Gasteiger partial charge is 0.143 e. The predicted octanol–water partition coefficient (Wildman–Crippen LogP) is 23.1. The summed E-state index contributed by atoms with van der Waals surface area (Å²) in [5.74, 6) is 1.72. The van der Waals surface area contributed by atoms with E-state index in [1.807, 2.05) is 6.08 Å². The van der Waals surface area contributed by atoms with Crippen LogP contribution in [-0.4, -0.2) is 11.2 Å². The third-order valence-corrected chi connectivity index (χ3v) is 18.6. The number of allylic oxidation sites excluding steroid dienone is 3. The number of aromatic nitrogens is 1. The van der Waals surface area contributed by atoms with Gasteiger partial charge in [0.25, 0.3) is 0 Å². The van der Waals surface area contributed by atoms with Crippen molar-refractivity contribution in [1.29, 1.82) is 0 Å². The van der Waals surface area contributed by atoms with Crippen molar-refractivity contribution in [2.24, 2.45) is 0 Å². The molecule has 1 unspecified atom stereocenters. The van der Waals surface area contributed by atoms with Gasteiger partial charge in [0.05, 0.1) is 16.7 Å². The highest BCUT2D eigenvalue weighted by molar-refractivity contribution is 6.18. The summed E-state index contributed by atoms with van der Waals surface area (Å²) in [6.07, 6.45) is 9.35. The van der Waals surface area contributed by atoms with Gasteiger partial charge in [-0.25, -0.2) is 0 Å². The zero-order chi connectivity index (χ0) is 58.5. The number of nitrogens with zero attached hydrogens (tertiary/aromatic N) is 1. The summed E-state index contributed by atoms with van der Waals surface area (Å²) in [5, 5.41) is 10.3. The minimum absolute atomic E-state index is 0.109. The molecule has 0 amide bonds. The monoisotopic (exact) mass is 1140 g/mol. The number of benzene rings is 13. The van der Waals surface area contributed by atoms with Crippen LogP contribution in [0, 0.1) is 0 Å². The molecule has 0 radical (unpaired) electrons. The number of furan rings is 2. The van der Waals surface area contributed by atoms with E-state index in [2.05, 4.69) is 302 Å². The fraction of sp³-hybridized carbons (Fsp3) is 0.0353. The van der Waals surface area contributed by atoms with Gasteiger partial charge in [0.2, 0.25) is 0 Å². The molecule has 4 heterocycles. The molecule has 418 valence electrons. The molecule has 16 aromatic rings. The Labute approximate surface area is 514 Å². The van der Waals surface area contributed by atoms with E-state index >= 15 is 0 Å². The SMILES string of the molecule is C1=CCOC(c2cc(-c3ccccc3)c3oc4c(-c5ccc6c7ccc(C8CC(c9ccccc9)=Cc9c8oc8c(-c%10ccccc%10)cc(-c%10ccccc%10)cc98)cc7n(-c7cc8ccccc8c8ccccc78)c6c5)cc(-c5ccccc5)cc4c3c2)=C1. The summed E-state index contributed by atoms with van der Waals surface area (Å²) >= 11 is 0. The van der Waals surface area contributed by atoms with Crippen LogP contribution in [0.4, 0.5) is 0 Å².